The van der Waals surface area contributed by atoms with Crippen LogP contribution in [0.4, 0.5) is 20.9 Å². The summed E-state index contributed by atoms with van der Waals surface area (Å²) < 4.78 is 13.8. The number of aryl methyl sites for hydroxylation is 1. The first-order chi connectivity index (χ1) is 12.1. The molecule has 128 valence electrons. The number of hydrogen-bond donors (Lipinski definition) is 2. The number of aromatic nitrogens is 2. The first-order valence-corrected chi connectivity index (χ1v) is 9.25. The van der Waals surface area contributed by atoms with Crippen molar-refractivity contribution in [3.63, 3.8) is 0 Å². The van der Waals surface area contributed by atoms with Gasteiger partial charge in [-0.15, -0.1) is 10.2 Å². The van der Waals surface area contributed by atoms with Crippen LogP contribution in [0.3, 0.4) is 0 Å². The van der Waals surface area contributed by atoms with Crippen molar-refractivity contribution in [3.8, 4) is 0 Å². The zero-order valence-electron chi connectivity index (χ0n) is 13.3. The molecule has 25 heavy (non-hydrogen) atoms. The van der Waals surface area contributed by atoms with Gasteiger partial charge < -0.3 is 10.6 Å². The second kappa shape index (κ2) is 8.09. The van der Waals surface area contributed by atoms with E-state index >= 15 is 0 Å². The van der Waals surface area contributed by atoms with E-state index in [1.165, 1.54) is 35.2 Å². The van der Waals surface area contributed by atoms with Crippen LogP contribution >= 0.6 is 23.1 Å². The summed E-state index contributed by atoms with van der Waals surface area (Å²) in [7, 11) is 0. The summed E-state index contributed by atoms with van der Waals surface area (Å²) in [5.74, 6) is -0.186. The van der Waals surface area contributed by atoms with Crippen molar-refractivity contribution in [2.75, 3.05) is 16.4 Å². The van der Waals surface area contributed by atoms with Crippen molar-refractivity contribution in [2.45, 2.75) is 11.3 Å². The first-order valence-electron chi connectivity index (χ1n) is 7.44. The van der Waals surface area contributed by atoms with Crippen LogP contribution in [0.15, 0.2) is 52.9 Å². The Morgan fingerprint density at radius 1 is 1.20 bits per heavy atom. The van der Waals surface area contributed by atoms with Crippen molar-refractivity contribution in [3.05, 3.63) is 59.9 Å². The van der Waals surface area contributed by atoms with Crippen LogP contribution in [0.25, 0.3) is 0 Å². The highest BCUT2D eigenvalue weighted by Gasteiger charge is 2.09. The van der Waals surface area contributed by atoms with Gasteiger partial charge in [-0.25, -0.2) is 4.39 Å². The molecule has 5 nitrogen and oxygen atoms in total. The maximum absolute atomic E-state index is 13.2. The second-order valence-corrected chi connectivity index (χ2v) is 7.36. The van der Waals surface area contributed by atoms with Crippen LogP contribution < -0.4 is 10.6 Å². The molecule has 0 atom stereocenters. The van der Waals surface area contributed by atoms with E-state index in [1.807, 2.05) is 31.2 Å². The molecular weight excluding hydrogens is 359 g/mol. The molecule has 8 heteroatoms. The lowest BCUT2D eigenvalue weighted by Crippen LogP contribution is -2.14. The summed E-state index contributed by atoms with van der Waals surface area (Å²) in [4.78, 5) is 12.0. The standard InChI is InChI=1S/C17H15FN4OS2/c1-11-5-2-3-8-14(11)20-15(23)10-24-17-22-21-16(25-17)19-13-7-4-6-12(18)9-13/h2-9H,10H2,1H3,(H,19,21)(H,20,23). The SMILES string of the molecule is Cc1ccccc1NC(=O)CSc1nnc(Nc2cccc(F)c2)s1. The smallest absolute Gasteiger partial charge is 0.234 e. The quantitative estimate of drug-likeness (QED) is 0.624. The molecule has 0 aliphatic rings. The first kappa shape index (κ1) is 17.4. The predicted octanol–water partition coefficient (Wildman–Crippen LogP) is 4.46. The van der Waals surface area contributed by atoms with Crippen LogP contribution in [0.2, 0.25) is 0 Å². The molecule has 0 saturated carbocycles. The Morgan fingerprint density at radius 2 is 2.04 bits per heavy atom. The Kier molecular flexibility index (Phi) is 5.62. The van der Waals surface area contributed by atoms with Crippen molar-refractivity contribution in [1.29, 1.82) is 0 Å². The average Bonchev–Trinajstić information content (AvgIpc) is 3.03. The molecular formula is C17H15FN4OS2. The fraction of sp³-hybridized carbons (Fsp3) is 0.118. The fourth-order valence-electron chi connectivity index (χ4n) is 2.04. The summed E-state index contributed by atoms with van der Waals surface area (Å²) in [5.41, 5.74) is 2.42. The third-order valence-corrected chi connectivity index (χ3v) is 5.20. The number of carbonyl (C=O) groups is 1. The van der Waals surface area contributed by atoms with E-state index in [0.29, 0.717) is 15.2 Å². The second-order valence-electron chi connectivity index (χ2n) is 5.16. The topological polar surface area (TPSA) is 66.9 Å². The maximum atomic E-state index is 13.2. The normalized spacial score (nSPS) is 10.5. The van der Waals surface area contributed by atoms with Gasteiger partial charge in [0.2, 0.25) is 11.0 Å². The largest absolute Gasteiger partial charge is 0.330 e. The van der Waals surface area contributed by atoms with Gasteiger partial charge in [0.05, 0.1) is 5.75 Å². The number of thioether (sulfide) groups is 1. The molecule has 0 fully saturated rings. The molecule has 3 rings (SSSR count). The summed E-state index contributed by atoms with van der Waals surface area (Å²) in [5, 5.41) is 14.4. The third kappa shape index (κ3) is 5.01. The highest BCUT2D eigenvalue weighted by Crippen LogP contribution is 2.28. The van der Waals surface area contributed by atoms with Crippen molar-refractivity contribution >= 4 is 45.5 Å². The van der Waals surface area contributed by atoms with E-state index in [9.17, 15) is 9.18 Å². The third-order valence-electron chi connectivity index (χ3n) is 3.23. The molecule has 3 aromatic rings. The van der Waals surface area contributed by atoms with Crippen LogP contribution in [-0.2, 0) is 4.79 Å². The van der Waals surface area contributed by atoms with Crippen LogP contribution in [0.1, 0.15) is 5.56 Å². The van der Waals surface area contributed by atoms with Crippen LogP contribution in [0.5, 0.6) is 0 Å². The van der Waals surface area contributed by atoms with Gasteiger partial charge in [0.1, 0.15) is 5.82 Å². The van der Waals surface area contributed by atoms with Gasteiger partial charge in [0, 0.05) is 11.4 Å². The van der Waals surface area contributed by atoms with Crippen molar-refractivity contribution < 1.29 is 9.18 Å². The number of amides is 1. The lowest BCUT2D eigenvalue weighted by atomic mass is 10.2. The lowest BCUT2D eigenvalue weighted by Gasteiger charge is -2.06. The molecule has 1 heterocycles. The Balaban J connectivity index is 1.53. The fourth-order valence-corrected chi connectivity index (χ4v) is 3.61. The van der Waals surface area contributed by atoms with E-state index in [4.69, 9.17) is 0 Å². The van der Waals surface area contributed by atoms with E-state index < -0.39 is 0 Å². The maximum Gasteiger partial charge on any atom is 0.234 e. The zero-order chi connectivity index (χ0) is 17.6. The molecule has 0 saturated heterocycles. The lowest BCUT2D eigenvalue weighted by molar-refractivity contribution is -0.113. The molecule has 2 aromatic carbocycles. The summed E-state index contributed by atoms with van der Waals surface area (Å²) >= 11 is 2.62. The summed E-state index contributed by atoms with van der Waals surface area (Å²) in [6.45, 7) is 1.94. The van der Waals surface area contributed by atoms with Gasteiger partial charge in [-0.2, -0.15) is 0 Å². The molecule has 0 aliphatic heterocycles. The van der Waals surface area contributed by atoms with Gasteiger partial charge in [0.25, 0.3) is 0 Å². The predicted molar refractivity (Wildman–Crippen MR) is 100 cm³/mol. The monoisotopic (exact) mass is 374 g/mol. The molecule has 0 unspecified atom stereocenters. The number of hydrogen-bond acceptors (Lipinski definition) is 6. The van der Waals surface area contributed by atoms with Crippen molar-refractivity contribution in [2.24, 2.45) is 0 Å². The Labute approximate surface area is 152 Å². The number of rotatable bonds is 6. The van der Waals surface area contributed by atoms with Gasteiger partial charge in [-0.3, -0.25) is 4.79 Å². The number of carbonyl (C=O) groups excluding carboxylic acids is 1. The molecule has 0 aliphatic carbocycles. The summed E-state index contributed by atoms with van der Waals surface area (Å²) in [6.07, 6.45) is 0. The average molecular weight is 374 g/mol. The summed E-state index contributed by atoms with van der Waals surface area (Å²) in [6, 6.07) is 13.7. The highest BCUT2D eigenvalue weighted by atomic mass is 32.2. The van der Waals surface area contributed by atoms with Gasteiger partial charge >= 0.3 is 0 Å². The van der Waals surface area contributed by atoms with Crippen molar-refractivity contribution in [1.82, 2.24) is 10.2 Å². The Bertz CT molecular complexity index is 884. The van der Waals surface area contributed by atoms with Crippen LogP contribution in [-0.4, -0.2) is 21.9 Å². The number of anilines is 3. The minimum absolute atomic E-state index is 0.103. The minimum Gasteiger partial charge on any atom is -0.330 e. The molecule has 0 spiro atoms. The number of halogens is 1. The molecule has 1 amide bonds. The number of para-hydroxylation sites is 1. The van der Waals surface area contributed by atoms with Gasteiger partial charge in [0.15, 0.2) is 4.34 Å². The van der Waals surface area contributed by atoms with Gasteiger partial charge in [-0.1, -0.05) is 47.4 Å². The van der Waals surface area contributed by atoms with E-state index in [-0.39, 0.29) is 17.5 Å². The Morgan fingerprint density at radius 3 is 2.84 bits per heavy atom. The zero-order valence-corrected chi connectivity index (χ0v) is 15.0. The van der Waals surface area contributed by atoms with Crippen LogP contribution in [0, 0.1) is 12.7 Å². The number of benzene rings is 2. The number of nitrogens with zero attached hydrogens (tertiary/aromatic N) is 2. The minimum atomic E-state index is -0.322. The molecule has 2 N–H and O–H groups in total. The molecule has 1 aromatic heterocycles. The Hall–Kier alpha value is -2.45. The van der Waals surface area contributed by atoms with Gasteiger partial charge in [-0.05, 0) is 36.8 Å². The van der Waals surface area contributed by atoms with E-state index in [2.05, 4.69) is 20.8 Å². The van der Waals surface area contributed by atoms with E-state index in [1.54, 1.807) is 12.1 Å². The molecule has 0 bridgehead atoms. The molecule has 0 radical (unpaired) electrons. The van der Waals surface area contributed by atoms with E-state index in [0.717, 1.165) is 11.3 Å². The number of nitrogens with one attached hydrogen (secondary N) is 2. The highest BCUT2D eigenvalue weighted by molar-refractivity contribution is 8.01.